The van der Waals surface area contributed by atoms with Crippen molar-refractivity contribution in [2.24, 2.45) is 0 Å². The summed E-state index contributed by atoms with van der Waals surface area (Å²) in [5, 5.41) is 6.69. The summed E-state index contributed by atoms with van der Waals surface area (Å²) in [6.45, 7) is 6.64. The molecule has 10 aromatic rings. The molecule has 10 rings (SSSR count). The fourth-order valence-corrected chi connectivity index (χ4v) is 10.3. The number of carbonyl (C=O) groups is 4. The van der Waals surface area contributed by atoms with Gasteiger partial charge in [-0.25, -0.2) is 0 Å². The van der Waals surface area contributed by atoms with Crippen molar-refractivity contribution in [2.45, 2.75) is 62.9 Å². The molecule has 0 bridgehead atoms. The third kappa shape index (κ3) is 11.0. The zero-order chi connectivity index (χ0) is 57.7. The van der Waals surface area contributed by atoms with E-state index in [0.717, 1.165) is 43.1 Å². The second-order valence-corrected chi connectivity index (χ2v) is 20.4. The molecule has 12 heteroatoms. The van der Waals surface area contributed by atoms with Crippen molar-refractivity contribution in [1.82, 2.24) is 0 Å². The van der Waals surface area contributed by atoms with Crippen LogP contribution < -0.4 is 18.9 Å². The molecule has 0 aliphatic rings. The molecular weight excluding hydrogens is 1030 g/mol. The largest absolute Gasteiger partial charge is 0.497 e. The summed E-state index contributed by atoms with van der Waals surface area (Å²) in [5.74, 6) is -11.2. The lowest BCUT2D eigenvalue weighted by molar-refractivity contribution is -0.382. The molecule has 0 heterocycles. The first-order chi connectivity index (χ1) is 39.7. The predicted octanol–water partition coefficient (Wildman–Crippen LogP) is 14.7. The molecule has 0 amide bonds. The summed E-state index contributed by atoms with van der Waals surface area (Å²) in [5.41, 5.74) is 2.17. The highest BCUT2D eigenvalue weighted by molar-refractivity contribution is 5.91. The van der Waals surface area contributed by atoms with Gasteiger partial charge >= 0.3 is 35.5 Å². The van der Waals surface area contributed by atoms with E-state index in [0.29, 0.717) is 45.3 Å². The van der Waals surface area contributed by atoms with E-state index in [9.17, 15) is 0 Å². The highest BCUT2D eigenvalue weighted by Crippen LogP contribution is 2.52. The Kier molecular flexibility index (Phi) is 16.0. The van der Waals surface area contributed by atoms with Crippen molar-refractivity contribution < 1.29 is 57.1 Å². The van der Waals surface area contributed by atoms with E-state index in [2.05, 4.69) is 0 Å². The summed E-state index contributed by atoms with van der Waals surface area (Å²) >= 11 is 0. The average molecular weight is 1100 g/mol. The Labute approximate surface area is 476 Å². The molecule has 0 unspecified atom stereocenters. The lowest BCUT2D eigenvalue weighted by atomic mass is 9.88. The van der Waals surface area contributed by atoms with Gasteiger partial charge in [-0.3, -0.25) is 19.2 Å². The topological polar surface area (TPSA) is 142 Å². The molecule has 82 heavy (non-hydrogen) atoms. The zero-order valence-electron chi connectivity index (χ0n) is 46.8. The minimum atomic E-state index is -2.95. The number of ether oxygens (including phenoxy) is 8. The molecule has 0 N–H and O–H groups in total. The fraction of sp³-hybridized carbons (Fsp3) is 0.200. The maximum absolute atomic E-state index is 15.7. The van der Waals surface area contributed by atoms with Crippen LogP contribution in [0.25, 0.3) is 43.1 Å². The van der Waals surface area contributed by atoms with E-state index in [1.807, 2.05) is 121 Å². The number of fused-ring (bicyclic) bond motifs is 4. The van der Waals surface area contributed by atoms with Gasteiger partial charge in [0.05, 0.1) is 52.1 Å². The minimum Gasteiger partial charge on any atom is -0.497 e. The smallest absolute Gasteiger partial charge is 0.367 e. The van der Waals surface area contributed by atoms with Crippen LogP contribution >= 0.6 is 0 Å². The SMILES string of the molecule is COc1ccc2cc([C@H](C)C(=O)OC(OC(=O)[C@@H](C)c3ccc4cc(OC)ccc4c3)(c3ccccc3)C(OC(=O)[C@@H](C)c3ccc4cc(OC)ccc4c3)(OC(=O)[C@@H](C)c3ccc4cc(OC)ccc4c3)c3ccccc3)ccc2c1. The molecule has 4 atom stereocenters. The quantitative estimate of drug-likeness (QED) is 0.0562. The van der Waals surface area contributed by atoms with Crippen LogP contribution in [-0.4, -0.2) is 52.3 Å². The average Bonchev–Trinajstić information content (AvgIpc) is 2.42. The molecule has 10 aromatic carbocycles. The van der Waals surface area contributed by atoms with Crippen LogP contribution in [-0.2, 0) is 49.7 Å². The lowest BCUT2D eigenvalue weighted by Gasteiger charge is -2.47. The molecule has 0 saturated carbocycles. The zero-order valence-corrected chi connectivity index (χ0v) is 46.8. The molecule has 0 aliphatic carbocycles. The van der Waals surface area contributed by atoms with E-state index < -0.39 is 59.1 Å². The molecule has 0 spiro atoms. The van der Waals surface area contributed by atoms with Crippen LogP contribution in [0.3, 0.4) is 0 Å². The highest BCUT2D eigenvalue weighted by atomic mass is 16.8. The molecule has 12 nitrogen and oxygen atoms in total. The van der Waals surface area contributed by atoms with Crippen molar-refractivity contribution in [3.05, 3.63) is 240 Å². The Morgan fingerprint density at radius 1 is 0.280 bits per heavy atom. The van der Waals surface area contributed by atoms with Gasteiger partial charge in [-0.05, 0) is 142 Å². The van der Waals surface area contributed by atoms with Crippen molar-refractivity contribution in [3.63, 3.8) is 0 Å². The van der Waals surface area contributed by atoms with Gasteiger partial charge in [-0.1, -0.05) is 158 Å². The molecule has 0 radical (unpaired) electrons. The summed E-state index contributed by atoms with van der Waals surface area (Å²) in [6.07, 6.45) is 0. The Morgan fingerprint density at radius 3 is 0.707 bits per heavy atom. The van der Waals surface area contributed by atoms with Gasteiger partial charge in [0.2, 0.25) is 0 Å². The number of hydrogen-bond acceptors (Lipinski definition) is 12. The van der Waals surface area contributed by atoms with E-state index in [4.69, 9.17) is 37.9 Å². The standard InChI is InChI=1S/C70H62O12/c1-43(47-19-23-55-39-61(75-5)31-27-51(55)35-47)65(71)79-69(59-15-11-9-12-16-59,80-66(72)44(2)48-20-24-56-40-62(76-6)32-28-52(56)36-48)70(60-17-13-10-14-18-60,81-67(73)45(3)49-21-25-57-41-63(77-7)33-29-53(57)37-49)82-68(74)46(4)50-22-26-58-42-64(78-8)34-30-54(58)38-50/h9-46H,1-8H3/t43-,44-,45-,46-/m0/s1. The highest BCUT2D eigenvalue weighted by Gasteiger charge is 2.68. The predicted molar refractivity (Wildman–Crippen MR) is 316 cm³/mol. The van der Waals surface area contributed by atoms with Gasteiger partial charge < -0.3 is 37.9 Å². The van der Waals surface area contributed by atoms with E-state index in [1.54, 1.807) is 141 Å². The maximum atomic E-state index is 15.7. The third-order valence-corrected chi connectivity index (χ3v) is 15.4. The van der Waals surface area contributed by atoms with Crippen LogP contribution in [0.5, 0.6) is 23.0 Å². The van der Waals surface area contributed by atoms with Crippen molar-refractivity contribution in [3.8, 4) is 23.0 Å². The number of benzene rings is 10. The van der Waals surface area contributed by atoms with E-state index in [-0.39, 0.29) is 11.1 Å². The Balaban J connectivity index is 1.19. The van der Waals surface area contributed by atoms with Crippen LogP contribution in [0, 0.1) is 0 Å². The monoisotopic (exact) mass is 1090 g/mol. The summed E-state index contributed by atoms with van der Waals surface area (Å²) in [7, 11) is 6.36. The van der Waals surface area contributed by atoms with Gasteiger partial charge in [0.1, 0.15) is 23.0 Å². The van der Waals surface area contributed by atoms with Crippen LogP contribution in [0.2, 0.25) is 0 Å². The molecule has 0 fully saturated rings. The van der Waals surface area contributed by atoms with Gasteiger partial charge in [-0.2, -0.15) is 0 Å². The number of rotatable bonds is 19. The summed E-state index contributed by atoms with van der Waals surface area (Å²) in [6, 6.07) is 60.9. The summed E-state index contributed by atoms with van der Waals surface area (Å²) in [4.78, 5) is 63.0. The Bertz CT molecular complexity index is 3530. The molecule has 0 saturated heterocycles. The second kappa shape index (κ2) is 23.6. The van der Waals surface area contributed by atoms with Crippen molar-refractivity contribution in [1.29, 1.82) is 0 Å². The van der Waals surface area contributed by atoms with Crippen LogP contribution in [0.15, 0.2) is 206 Å². The van der Waals surface area contributed by atoms with E-state index >= 15 is 19.2 Å². The first kappa shape index (κ1) is 55.6. The van der Waals surface area contributed by atoms with Crippen molar-refractivity contribution in [2.75, 3.05) is 28.4 Å². The number of esters is 4. The second-order valence-electron chi connectivity index (χ2n) is 20.4. The summed E-state index contributed by atoms with van der Waals surface area (Å²) < 4.78 is 50.0. The van der Waals surface area contributed by atoms with Crippen molar-refractivity contribution >= 4 is 67.0 Å². The number of hydrogen-bond donors (Lipinski definition) is 0. The molecular formula is C70H62O12. The molecule has 0 aromatic heterocycles. The van der Waals surface area contributed by atoms with Gasteiger partial charge in [0, 0.05) is 11.1 Å². The Morgan fingerprint density at radius 2 is 0.488 bits per heavy atom. The Hall–Kier alpha value is -9.68. The van der Waals surface area contributed by atoms with Gasteiger partial charge in [0.25, 0.3) is 0 Å². The fourth-order valence-electron chi connectivity index (χ4n) is 10.3. The molecule has 414 valence electrons. The maximum Gasteiger partial charge on any atom is 0.367 e. The number of methoxy groups -OCH3 is 4. The number of carbonyl (C=O) groups excluding carboxylic acids is 4. The first-order valence-electron chi connectivity index (χ1n) is 27.0. The first-order valence-corrected chi connectivity index (χ1v) is 27.0. The lowest BCUT2D eigenvalue weighted by Crippen LogP contribution is -2.60. The van der Waals surface area contributed by atoms with Gasteiger partial charge in [0.15, 0.2) is 0 Å². The minimum absolute atomic E-state index is 0.00335. The molecule has 0 aliphatic heterocycles. The normalized spacial score (nSPS) is 13.1. The van der Waals surface area contributed by atoms with Crippen LogP contribution in [0.4, 0.5) is 0 Å². The van der Waals surface area contributed by atoms with E-state index in [1.165, 1.54) is 0 Å². The van der Waals surface area contributed by atoms with Gasteiger partial charge in [-0.15, -0.1) is 0 Å². The third-order valence-electron chi connectivity index (χ3n) is 15.4. The van der Waals surface area contributed by atoms with Crippen LogP contribution in [0.1, 0.15) is 84.7 Å².